The maximum absolute atomic E-state index is 13.0. The third kappa shape index (κ3) is 2.49. The smallest absolute Gasteiger partial charge is 0.123 e. The molecule has 0 bridgehead atoms. The van der Waals surface area contributed by atoms with Gasteiger partial charge < -0.3 is 5.73 Å². The molecule has 0 fully saturated rings. The van der Waals surface area contributed by atoms with Crippen molar-refractivity contribution in [1.29, 1.82) is 0 Å². The summed E-state index contributed by atoms with van der Waals surface area (Å²) in [5.41, 5.74) is 8.27. The zero-order valence-electron chi connectivity index (χ0n) is 9.11. The zero-order chi connectivity index (χ0) is 11.5. The summed E-state index contributed by atoms with van der Waals surface area (Å²) in [5.74, 6) is -0.201. The maximum Gasteiger partial charge on any atom is 0.123 e. The fourth-order valence-corrected chi connectivity index (χ4v) is 2.71. The highest BCUT2D eigenvalue weighted by Gasteiger charge is 2.11. The van der Waals surface area contributed by atoms with E-state index in [9.17, 15) is 4.39 Å². The number of rotatable bonds is 3. The van der Waals surface area contributed by atoms with Crippen LogP contribution in [0.5, 0.6) is 0 Å². The van der Waals surface area contributed by atoms with E-state index in [1.54, 1.807) is 23.5 Å². The Balaban J connectivity index is 2.14. The highest BCUT2D eigenvalue weighted by atomic mass is 32.1. The molecule has 0 aliphatic carbocycles. The van der Waals surface area contributed by atoms with E-state index >= 15 is 0 Å². The first-order valence-electron chi connectivity index (χ1n) is 5.21. The van der Waals surface area contributed by atoms with Gasteiger partial charge in [0.1, 0.15) is 5.82 Å². The van der Waals surface area contributed by atoms with Gasteiger partial charge in [0, 0.05) is 10.9 Å². The van der Waals surface area contributed by atoms with Crippen molar-refractivity contribution in [2.75, 3.05) is 0 Å². The first-order chi connectivity index (χ1) is 7.66. The van der Waals surface area contributed by atoms with Crippen LogP contribution in [0.3, 0.4) is 0 Å². The lowest BCUT2D eigenvalue weighted by molar-refractivity contribution is 0.622. The molecule has 1 aromatic heterocycles. The largest absolute Gasteiger partial charge is 0.323 e. The number of hydrogen-bond donors (Lipinski definition) is 1. The van der Waals surface area contributed by atoms with Crippen LogP contribution < -0.4 is 5.73 Å². The van der Waals surface area contributed by atoms with Crippen LogP contribution in [-0.4, -0.2) is 0 Å². The van der Waals surface area contributed by atoms with Gasteiger partial charge in [0.15, 0.2) is 0 Å². The Labute approximate surface area is 98.7 Å². The Kier molecular flexibility index (Phi) is 3.36. The molecule has 1 atom stereocenters. The lowest BCUT2D eigenvalue weighted by Crippen LogP contribution is -2.12. The van der Waals surface area contributed by atoms with Gasteiger partial charge in [0.05, 0.1) is 0 Å². The molecule has 84 valence electrons. The van der Waals surface area contributed by atoms with Gasteiger partial charge in [-0.3, -0.25) is 0 Å². The second kappa shape index (κ2) is 4.76. The predicted molar refractivity (Wildman–Crippen MR) is 66.1 cm³/mol. The van der Waals surface area contributed by atoms with Crippen LogP contribution in [0.1, 0.15) is 22.0 Å². The molecule has 3 heteroatoms. The van der Waals surface area contributed by atoms with Gasteiger partial charge in [-0.25, -0.2) is 4.39 Å². The average molecular weight is 235 g/mol. The normalized spacial score (nSPS) is 12.7. The molecule has 0 radical (unpaired) electrons. The third-order valence-electron chi connectivity index (χ3n) is 2.58. The molecule has 0 aliphatic heterocycles. The lowest BCUT2D eigenvalue weighted by atomic mass is 10.0. The molecule has 2 rings (SSSR count). The Morgan fingerprint density at radius 3 is 2.81 bits per heavy atom. The molecular weight excluding hydrogens is 221 g/mol. The first-order valence-corrected chi connectivity index (χ1v) is 6.09. The molecule has 0 aliphatic rings. The average Bonchev–Trinajstić information content (AvgIpc) is 2.64. The van der Waals surface area contributed by atoms with Crippen molar-refractivity contribution in [2.24, 2.45) is 5.73 Å². The van der Waals surface area contributed by atoms with Gasteiger partial charge in [0.25, 0.3) is 0 Å². The summed E-state index contributed by atoms with van der Waals surface area (Å²) in [4.78, 5) is 1.18. The topological polar surface area (TPSA) is 26.0 Å². The van der Waals surface area contributed by atoms with E-state index < -0.39 is 0 Å². The van der Waals surface area contributed by atoms with Crippen molar-refractivity contribution in [3.8, 4) is 0 Å². The third-order valence-corrected chi connectivity index (χ3v) is 3.73. The van der Waals surface area contributed by atoms with Gasteiger partial charge in [-0.2, -0.15) is 0 Å². The molecule has 0 spiro atoms. The van der Waals surface area contributed by atoms with E-state index in [0.717, 1.165) is 5.56 Å². The molecule has 1 heterocycles. The number of aryl methyl sites for hydroxylation is 1. The van der Waals surface area contributed by atoms with E-state index in [4.69, 9.17) is 5.73 Å². The van der Waals surface area contributed by atoms with Crippen molar-refractivity contribution in [3.05, 3.63) is 57.5 Å². The van der Waals surface area contributed by atoms with Crippen LogP contribution in [-0.2, 0) is 6.42 Å². The highest BCUT2D eigenvalue weighted by Crippen LogP contribution is 2.24. The second-order valence-corrected chi connectivity index (χ2v) is 4.86. The van der Waals surface area contributed by atoms with E-state index in [1.807, 2.05) is 11.4 Å². The minimum Gasteiger partial charge on any atom is -0.323 e. The lowest BCUT2D eigenvalue weighted by Gasteiger charge is -2.11. The van der Waals surface area contributed by atoms with Crippen LogP contribution in [0, 0.1) is 12.7 Å². The SMILES string of the molecule is Cc1ccsc1C(N)Cc1cccc(F)c1. The minimum absolute atomic E-state index is 0.0400. The van der Waals surface area contributed by atoms with E-state index in [-0.39, 0.29) is 11.9 Å². The number of benzene rings is 1. The summed E-state index contributed by atoms with van der Waals surface area (Å²) in [6.45, 7) is 2.05. The van der Waals surface area contributed by atoms with Crippen molar-refractivity contribution in [3.63, 3.8) is 0 Å². The molecule has 2 N–H and O–H groups in total. The Bertz CT molecular complexity index is 478. The van der Waals surface area contributed by atoms with Gasteiger partial charge in [-0.15, -0.1) is 11.3 Å². The zero-order valence-corrected chi connectivity index (χ0v) is 9.93. The van der Waals surface area contributed by atoms with Crippen molar-refractivity contribution < 1.29 is 4.39 Å². The van der Waals surface area contributed by atoms with E-state index in [0.29, 0.717) is 6.42 Å². The summed E-state index contributed by atoms with van der Waals surface area (Å²) < 4.78 is 13.0. The predicted octanol–water partition coefficient (Wildman–Crippen LogP) is 3.44. The van der Waals surface area contributed by atoms with Crippen LogP contribution in [0.25, 0.3) is 0 Å². The van der Waals surface area contributed by atoms with Crippen LogP contribution in [0.2, 0.25) is 0 Å². The molecular formula is C13H14FNS. The molecule has 16 heavy (non-hydrogen) atoms. The quantitative estimate of drug-likeness (QED) is 0.866. The van der Waals surface area contributed by atoms with E-state index in [1.165, 1.54) is 16.5 Å². The van der Waals surface area contributed by atoms with Crippen LogP contribution in [0.4, 0.5) is 4.39 Å². The molecule has 1 aromatic carbocycles. The fourth-order valence-electron chi connectivity index (χ4n) is 1.77. The van der Waals surface area contributed by atoms with Crippen LogP contribution >= 0.6 is 11.3 Å². The summed E-state index contributed by atoms with van der Waals surface area (Å²) in [6, 6.07) is 8.64. The standard InChI is InChI=1S/C13H14FNS/c1-9-5-6-16-13(9)12(15)8-10-3-2-4-11(14)7-10/h2-7,12H,8,15H2,1H3. The number of nitrogens with two attached hydrogens (primary N) is 1. The Morgan fingerprint density at radius 1 is 1.38 bits per heavy atom. The maximum atomic E-state index is 13.0. The van der Waals surface area contributed by atoms with Gasteiger partial charge in [-0.05, 0) is 48.1 Å². The number of halogens is 1. The van der Waals surface area contributed by atoms with Gasteiger partial charge in [-0.1, -0.05) is 12.1 Å². The minimum atomic E-state index is -0.201. The highest BCUT2D eigenvalue weighted by molar-refractivity contribution is 7.10. The summed E-state index contributed by atoms with van der Waals surface area (Å²) in [7, 11) is 0. The molecule has 0 amide bonds. The monoisotopic (exact) mass is 235 g/mol. The molecule has 1 nitrogen and oxygen atoms in total. The molecule has 2 aromatic rings. The van der Waals surface area contributed by atoms with Gasteiger partial charge in [0.2, 0.25) is 0 Å². The van der Waals surface area contributed by atoms with Crippen molar-refractivity contribution >= 4 is 11.3 Å². The van der Waals surface area contributed by atoms with Crippen molar-refractivity contribution in [2.45, 2.75) is 19.4 Å². The van der Waals surface area contributed by atoms with Crippen LogP contribution in [0.15, 0.2) is 35.7 Å². The molecule has 0 saturated heterocycles. The van der Waals surface area contributed by atoms with E-state index in [2.05, 4.69) is 13.0 Å². The summed E-state index contributed by atoms with van der Waals surface area (Å²) in [5, 5.41) is 2.04. The summed E-state index contributed by atoms with van der Waals surface area (Å²) >= 11 is 1.66. The first kappa shape index (κ1) is 11.3. The fraction of sp³-hybridized carbons (Fsp3) is 0.231. The number of thiophene rings is 1. The summed E-state index contributed by atoms with van der Waals surface area (Å²) in [6.07, 6.45) is 0.680. The Morgan fingerprint density at radius 2 is 2.19 bits per heavy atom. The second-order valence-electron chi connectivity index (χ2n) is 3.91. The van der Waals surface area contributed by atoms with Crippen molar-refractivity contribution in [1.82, 2.24) is 0 Å². The number of hydrogen-bond acceptors (Lipinski definition) is 2. The molecule has 1 unspecified atom stereocenters. The Hall–Kier alpha value is -1.19. The molecule has 0 saturated carbocycles. The van der Waals surface area contributed by atoms with Gasteiger partial charge >= 0.3 is 0 Å².